The van der Waals surface area contributed by atoms with Gasteiger partial charge in [-0.25, -0.2) is 0 Å². The maximum absolute atomic E-state index is 13.0. The molecule has 6 heteroatoms. The van der Waals surface area contributed by atoms with E-state index >= 15 is 0 Å². The lowest BCUT2D eigenvalue weighted by molar-refractivity contribution is -0.129. The van der Waals surface area contributed by atoms with E-state index in [0.717, 1.165) is 5.56 Å². The number of carbonyl (C=O) groups is 1. The van der Waals surface area contributed by atoms with Crippen LogP contribution in [0.1, 0.15) is 51.0 Å². The molecule has 3 atom stereocenters. The fourth-order valence-electron chi connectivity index (χ4n) is 2.69. The van der Waals surface area contributed by atoms with E-state index in [1.807, 2.05) is 45.9 Å². The summed E-state index contributed by atoms with van der Waals surface area (Å²) in [4.78, 5) is 12.9. The zero-order valence-corrected chi connectivity index (χ0v) is 17.9. The van der Waals surface area contributed by atoms with Gasteiger partial charge in [0.15, 0.2) is 0 Å². The second-order valence-corrected chi connectivity index (χ2v) is 9.25. The second-order valence-electron chi connectivity index (χ2n) is 7.78. The molecular weight excluding hydrogens is 374 g/mol. The van der Waals surface area contributed by atoms with Crippen LogP contribution in [0.4, 0.5) is 0 Å². The number of hydrogen-bond donors (Lipinski definition) is 2. The molecule has 1 amide bonds. The zero-order valence-electron chi connectivity index (χ0n) is 17.1. The summed E-state index contributed by atoms with van der Waals surface area (Å²) in [5.41, 5.74) is 0.966. The Labute approximate surface area is 169 Å². The molecule has 0 bridgehead atoms. The highest BCUT2D eigenvalue weighted by atomic mass is 32.2. The standard InChI is InChI=1S/C22H29NO4S/c1-15(23-21(25)22(2,3)4)18-8-6-7-9-20(18)28(26)14-19(24)16-10-12-17(27-5)13-11-16/h6-13,15,19,24H,14H2,1-5H3,(H,23,25)/t15-,19+,28+/m1/s1. The maximum atomic E-state index is 13.0. The Kier molecular flexibility index (Phi) is 7.38. The van der Waals surface area contributed by atoms with E-state index in [0.29, 0.717) is 16.2 Å². The molecule has 2 N–H and O–H groups in total. The molecule has 0 unspecified atom stereocenters. The van der Waals surface area contributed by atoms with Crippen molar-refractivity contribution in [2.75, 3.05) is 12.9 Å². The van der Waals surface area contributed by atoms with Crippen LogP contribution in [0.2, 0.25) is 0 Å². The van der Waals surface area contributed by atoms with E-state index in [1.165, 1.54) is 0 Å². The Morgan fingerprint density at radius 1 is 1.14 bits per heavy atom. The van der Waals surface area contributed by atoms with Gasteiger partial charge in [-0.05, 0) is 36.2 Å². The summed E-state index contributed by atoms with van der Waals surface area (Å²) in [6.07, 6.45) is -0.862. The SMILES string of the molecule is COc1ccc([C@@H](O)C[S@](=O)c2ccccc2[C@@H](C)NC(=O)C(C)(C)C)cc1. The molecule has 0 spiro atoms. The average Bonchev–Trinajstić information content (AvgIpc) is 2.67. The Hall–Kier alpha value is -2.18. The predicted molar refractivity (Wildman–Crippen MR) is 112 cm³/mol. The van der Waals surface area contributed by atoms with Crippen molar-refractivity contribution in [3.8, 4) is 5.75 Å². The van der Waals surface area contributed by atoms with Gasteiger partial charge in [0.2, 0.25) is 5.91 Å². The maximum Gasteiger partial charge on any atom is 0.225 e. The molecule has 0 aromatic heterocycles. The van der Waals surface area contributed by atoms with E-state index in [-0.39, 0.29) is 17.7 Å². The van der Waals surface area contributed by atoms with Gasteiger partial charge in [0, 0.05) is 10.3 Å². The largest absolute Gasteiger partial charge is 0.497 e. The summed E-state index contributed by atoms with van der Waals surface area (Å²) in [5.74, 6) is 0.702. The highest BCUT2D eigenvalue weighted by Gasteiger charge is 2.25. The molecule has 28 heavy (non-hydrogen) atoms. The van der Waals surface area contributed by atoms with E-state index in [4.69, 9.17) is 4.74 Å². The molecule has 0 saturated heterocycles. The average molecular weight is 404 g/mol. The van der Waals surface area contributed by atoms with Gasteiger partial charge < -0.3 is 15.2 Å². The molecule has 0 fully saturated rings. The minimum absolute atomic E-state index is 0.0705. The molecule has 0 aliphatic rings. The number of aliphatic hydroxyl groups excluding tert-OH is 1. The number of ether oxygens (including phenoxy) is 1. The number of rotatable bonds is 7. The lowest BCUT2D eigenvalue weighted by Crippen LogP contribution is -2.36. The van der Waals surface area contributed by atoms with Gasteiger partial charge in [0.05, 0.1) is 35.8 Å². The Morgan fingerprint density at radius 3 is 2.32 bits per heavy atom. The first kappa shape index (κ1) is 22.1. The fraction of sp³-hybridized carbons (Fsp3) is 0.409. The van der Waals surface area contributed by atoms with E-state index in [9.17, 15) is 14.1 Å². The topological polar surface area (TPSA) is 75.6 Å². The van der Waals surface area contributed by atoms with E-state index < -0.39 is 22.3 Å². The van der Waals surface area contributed by atoms with Crippen LogP contribution in [-0.2, 0) is 15.6 Å². The van der Waals surface area contributed by atoms with Crippen LogP contribution in [0, 0.1) is 5.41 Å². The Morgan fingerprint density at radius 2 is 1.75 bits per heavy atom. The van der Waals surface area contributed by atoms with Crippen molar-refractivity contribution in [1.82, 2.24) is 5.32 Å². The minimum atomic E-state index is -1.42. The van der Waals surface area contributed by atoms with Gasteiger partial charge in [-0.3, -0.25) is 9.00 Å². The van der Waals surface area contributed by atoms with E-state index in [2.05, 4.69) is 5.32 Å². The molecule has 2 aromatic carbocycles. The monoisotopic (exact) mass is 403 g/mol. The van der Waals surface area contributed by atoms with Crippen LogP contribution in [0.25, 0.3) is 0 Å². The highest BCUT2D eigenvalue weighted by Crippen LogP contribution is 2.26. The highest BCUT2D eigenvalue weighted by molar-refractivity contribution is 7.85. The second kappa shape index (κ2) is 9.34. The zero-order chi connectivity index (χ0) is 20.9. The van der Waals surface area contributed by atoms with Crippen LogP contribution in [0.3, 0.4) is 0 Å². The van der Waals surface area contributed by atoms with Crippen molar-refractivity contribution in [2.24, 2.45) is 5.41 Å². The van der Waals surface area contributed by atoms with Gasteiger partial charge in [-0.2, -0.15) is 0 Å². The summed E-state index contributed by atoms with van der Waals surface area (Å²) < 4.78 is 18.1. The number of aliphatic hydroxyl groups is 1. The van der Waals surface area contributed by atoms with E-state index in [1.54, 1.807) is 37.4 Å². The van der Waals surface area contributed by atoms with Gasteiger partial charge in [0.25, 0.3) is 0 Å². The molecule has 0 heterocycles. The summed E-state index contributed by atoms with van der Waals surface area (Å²) in [5, 5.41) is 13.5. The van der Waals surface area contributed by atoms with Gasteiger partial charge in [-0.15, -0.1) is 0 Å². The molecular formula is C22H29NO4S. The third kappa shape index (κ3) is 5.66. The Bertz CT molecular complexity index is 827. The van der Waals surface area contributed by atoms with Crippen molar-refractivity contribution in [1.29, 1.82) is 0 Å². The Balaban J connectivity index is 2.16. The first-order valence-electron chi connectivity index (χ1n) is 9.23. The van der Waals surface area contributed by atoms with Crippen molar-refractivity contribution in [3.63, 3.8) is 0 Å². The molecule has 0 aliphatic heterocycles. The summed E-state index contributed by atoms with van der Waals surface area (Å²) in [7, 11) is 0.159. The summed E-state index contributed by atoms with van der Waals surface area (Å²) in [6, 6.07) is 14.1. The van der Waals surface area contributed by atoms with Crippen molar-refractivity contribution in [2.45, 2.75) is 44.7 Å². The number of methoxy groups -OCH3 is 1. The van der Waals surface area contributed by atoms with Crippen molar-refractivity contribution >= 4 is 16.7 Å². The molecule has 0 aliphatic carbocycles. The van der Waals surface area contributed by atoms with Crippen LogP contribution < -0.4 is 10.1 Å². The molecule has 0 radical (unpaired) electrons. The lowest BCUT2D eigenvalue weighted by atomic mass is 9.94. The smallest absolute Gasteiger partial charge is 0.225 e. The number of nitrogens with one attached hydrogen (secondary N) is 1. The first-order valence-corrected chi connectivity index (χ1v) is 10.6. The molecule has 5 nitrogen and oxygen atoms in total. The first-order chi connectivity index (χ1) is 13.1. The van der Waals surface area contributed by atoms with Gasteiger partial charge in [-0.1, -0.05) is 51.1 Å². The third-order valence-corrected chi connectivity index (χ3v) is 5.95. The molecule has 2 rings (SSSR count). The van der Waals surface area contributed by atoms with Crippen LogP contribution in [0.15, 0.2) is 53.4 Å². The number of amides is 1. The summed E-state index contributed by atoms with van der Waals surface area (Å²) >= 11 is 0. The minimum Gasteiger partial charge on any atom is -0.497 e. The molecule has 0 saturated carbocycles. The van der Waals surface area contributed by atoms with Gasteiger partial charge in [0.1, 0.15) is 5.75 Å². The lowest BCUT2D eigenvalue weighted by Gasteiger charge is -2.23. The number of hydrogen-bond acceptors (Lipinski definition) is 4. The number of benzene rings is 2. The van der Waals surface area contributed by atoms with Gasteiger partial charge >= 0.3 is 0 Å². The quantitative estimate of drug-likeness (QED) is 0.738. The van der Waals surface area contributed by atoms with Crippen LogP contribution in [0.5, 0.6) is 5.75 Å². The van der Waals surface area contributed by atoms with Crippen molar-refractivity contribution in [3.05, 3.63) is 59.7 Å². The number of carbonyl (C=O) groups excluding carboxylic acids is 1. The third-order valence-electron chi connectivity index (χ3n) is 4.47. The van der Waals surface area contributed by atoms with Crippen LogP contribution in [-0.4, -0.2) is 28.1 Å². The van der Waals surface area contributed by atoms with Crippen molar-refractivity contribution < 1.29 is 18.8 Å². The molecule has 152 valence electrons. The summed E-state index contributed by atoms with van der Waals surface area (Å²) in [6.45, 7) is 7.43. The fourth-order valence-corrected chi connectivity index (χ4v) is 4.09. The van der Waals surface area contributed by atoms with Crippen LogP contribution >= 0.6 is 0 Å². The molecule has 2 aromatic rings. The predicted octanol–water partition coefficient (Wildman–Crippen LogP) is 3.76. The normalized spacial score (nSPS) is 14.8.